The Balaban J connectivity index is 1.52. The summed E-state index contributed by atoms with van der Waals surface area (Å²) in [5, 5.41) is 8.13. The number of hydrogen-bond acceptors (Lipinski definition) is 6. The topological polar surface area (TPSA) is 97.2 Å². The van der Waals surface area contributed by atoms with E-state index in [4.69, 9.17) is 0 Å². The molecule has 0 bridgehead atoms. The molecule has 0 atom stereocenters. The normalized spacial score (nSPS) is 16.5. The molecular formula is C18H21N5O3S2. The maximum atomic E-state index is 12.8. The zero-order valence-corrected chi connectivity index (χ0v) is 17.3. The van der Waals surface area contributed by atoms with Gasteiger partial charge in [0.05, 0.1) is 22.2 Å². The van der Waals surface area contributed by atoms with Crippen LogP contribution in [-0.2, 0) is 14.8 Å². The lowest BCUT2D eigenvalue weighted by Crippen LogP contribution is -2.41. The van der Waals surface area contributed by atoms with Crippen LogP contribution in [0.4, 0.5) is 5.82 Å². The molecule has 0 aliphatic carbocycles. The molecule has 0 spiro atoms. The van der Waals surface area contributed by atoms with Crippen LogP contribution in [-0.4, -0.2) is 52.7 Å². The smallest absolute Gasteiger partial charge is 0.228 e. The number of fused-ring (bicyclic) bond motifs is 1. The minimum Gasteiger partial charge on any atom is -0.310 e. The maximum Gasteiger partial charge on any atom is 0.228 e. The quantitative estimate of drug-likeness (QED) is 0.700. The first kappa shape index (κ1) is 19.0. The summed E-state index contributed by atoms with van der Waals surface area (Å²) in [6.07, 6.45) is 2.22. The molecule has 3 aromatic rings. The van der Waals surface area contributed by atoms with Gasteiger partial charge in [0, 0.05) is 25.1 Å². The Morgan fingerprint density at radius 2 is 1.96 bits per heavy atom. The van der Waals surface area contributed by atoms with Crippen LogP contribution in [0.5, 0.6) is 0 Å². The van der Waals surface area contributed by atoms with Crippen molar-refractivity contribution in [3.8, 4) is 5.13 Å². The van der Waals surface area contributed by atoms with E-state index in [1.807, 2.05) is 37.3 Å². The molecule has 3 heterocycles. The minimum atomic E-state index is -3.21. The van der Waals surface area contributed by atoms with Crippen molar-refractivity contribution >= 4 is 43.3 Å². The summed E-state index contributed by atoms with van der Waals surface area (Å²) in [5.74, 6) is 0.236. The Bertz CT molecular complexity index is 1090. The van der Waals surface area contributed by atoms with E-state index in [0.29, 0.717) is 36.9 Å². The minimum absolute atomic E-state index is 0.115. The predicted octanol–water partition coefficient (Wildman–Crippen LogP) is 2.40. The molecule has 1 aliphatic heterocycles. The van der Waals surface area contributed by atoms with E-state index in [1.165, 1.54) is 21.9 Å². The van der Waals surface area contributed by atoms with Gasteiger partial charge in [0.2, 0.25) is 21.1 Å². The van der Waals surface area contributed by atoms with Crippen LogP contribution in [0.25, 0.3) is 15.3 Å². The van der Waals surface area contributed by atoms with Crippen LogP contribution in [0.2, 0.25) is 0 Å². The Kier molecular flexibility index (Phi) is 4.94. The van der Waals surface area contributed by atoms with E-state index in [1.54, 1.807) is 4.68 Å². The van der Waals surface area contributed by atoms with Crippen molar-refractivity contribution in [1.29, 1.82) is 0 Å². The highest BCUT2D eigenvalue weighted by atomic mass is 32.2. The van der Waals surface area contributed by atoms with E-state index in [9.17, 15) is 13.2 Å². The molecule has 1 saturated heterocycles. The van der Waals surface area contributed by atoms with Gasteiger partial charge in [0.1, 0.15) is 5.82 Å². The Morgan fingerprint density at radius 3 is 2.64 bits per heavy atom. The SMILES string of the molecule is Cc1cc(NC(=O)C2CCN(S(C)(=O)=O)CC2)n(-c2nc3ccccc3s2)n1. The molecule has 2 aromatic heterocycles. The van der Waals surface area contributed by atoms with Gasteiger partial charge in [0.25, 0.3) is 0 Å². The summed E-state index contributed by atoms with van der Waals surface area (Å²) in [6, 6.07) is 9.66. The number of piperidine rings is 1. The van der Waals surface area contributed by atoms with Gasteiger partial charge in [-0.1, -0.05) is 23.5 Å². The Labute approximate surface area is 167 Å². The molecular weight excluding hydrogens is 398 g/mol. The molecule has 8 nitrogen and oxygen atoms in total. The number of thiazole rings is 1. The fourth-order valence-electron chi connectivity index (χ4n) is 3.36. The second-order valence-corrected chi connectivity index (χ2v) is 9.96. The second kappa shape index (κ2) is 7.26. The lowest BCUT2D eigenvalue weighted by molar-refractivity contribution is -0.120. The van der Waals surface area contributed by atoms with E-state index < -0.39 is 10.0 Å². The molecule has 148 valence electrons. The summed E-state index contributed by atoms with van der Waals surface area (Å²) >= 11 is 1.51. The zero-order chi connectivity index (χ0) is 19.9. The van der Waals surface area contributed by atoms with Crippen molar-refractivity contribution in [2.45, 2.75) is 19.8 Å². The molecule has 0 saturated carbocycles. The third-order valence-electron chi connectivity index (χ3n) is 4.84. The van der Waals surface area contributed by atoms with Gasteiger partial charge < -0.3 is 5.32 Å². The highest BCUT2D eigenvalue weighted by Gasteiger charge is 2.29. The molecule has 1 fully saturated rings. The first-order chi connectivity index (χ1) is 13.3. The van der Waals surface area contributed by atoms with Crippen molar-refractivity contribution in [2.75, 3.05) is 24.7 Å². The molecule has 4 rings (SSSR count). The number of carbonyl (C=O) groups excluding carboxylic acids is 1. The second-order valence-electron chi connectivity index (χ2n) is 6.97. The lowest BCUT2D eigenvalue weighted by atomic mass is 9.97. The van der Waals surface area contributed by atoms with Gasteiger partial charge in [-0.2, -0.15) is 9.78 Å². The monoisotopic (exact) mass is 419 g/mol. The molecule has 0 radical (unpaired) electrons. The summed E-state index contributed by atoms with van der Waals surface area (Å²) < 4.78 is 27.4. The van der Waals surface area contributed by atoms with Gasteiger partial charge in [-0.3, -0.25) is 4.79 Å². The largest absolute Gasteiger partial charge is 0.310 e. The van der Waals surface area contributed by atoms with Gasteiger partial charge in [-0.05, 0) is 31.9 Å². The van der Waals surface area contributed by atoms with Crippen molar-refractivity contribution in [2.24, 2.45) is 5.92 Å². The molecule has 1 amide bonds. The predicted molar refractivity (Wildman–Crippen MR) is 109 cm³/mol. The number of aromatic nitrogens is 3. The van der Waals surface area contributed by atoms with Gasteiger partial charge in [-0.15, -0.1) is 0 Å². The van der Waals surface area contributed by atoms with Crippen LogP contribution in [0.15, 0.2) is 30.3 Å². The summed E-state index contributed by atoms with van der Waals surface area (Å²) in [6.45, 7) is 2.60. The number of rotatable bonds is 4. The van der Waals surface area contributed by atoms with Gasteiger partial charge in [0.15, 0.2) is 0 Å². The number of amides is 1. The first-order valence-electron chi connectivity index (χ1n) is 9.00. The summed E-state index contributed by atoms with van der Waals surface area (Å²) in [4.78, 5) is 17.4. The van der Waals surface area contributed by atoms with E-state index in [2.05, 4.69) is 15.4 Å². The van der Waals surface area contributed by atoms with Crippen molar-refractivity contribution in [1.82, 2.24) is 19.1 Å². The number of carbonyl (C=O) groups is 1. The third-order valence-corrected chi connectivity index (χ3v) is 7.16. The van der Waals surface area contributed by atoms with E-state index in [-0.39, 0.29) is 11.8 Å². The molecule has 10 heteroatoms. The fraction of sp³-hybridized carbons (Fsp3) is 0.389. The number of anilines is 1. The van der Waals surface area contributed by atoms with Crippen molar-refractivity contribution < 1.29 is 13.2 Å². The van der Waals surface area contributed by atoms with E-state index >= 15 is 0 Å². The highest BCUT2D eigenvalue weighted by Crippen LogP contribution is 2.28. The molecule has 1 aliphatic rings. The number of hydrogen-bond donors (Lipinski definition) is 1. The van der Waals surface area contributed by atoms with Crippen LogP contribution in [0.3, 0.4) is 0 Å². The Morgan fingerprint density at radius 1 is 1.25 bits per heavy atom. The standard InChI is InChI=1S/C18H21N5O3S2/c1-12-11-16(20-17(24)13-7-9-22(10-8-13)28(2,25)26)23(21-12)18-19-14-5-3-4-6-15(14)27-18/h3-6,11,13H,7-10H2,1-2H3,(H,20,24). The Hall–Kier alpha value is -2.30. The van der Waals surface area contributed by atoms with Crippen LogP contribution >= 0.6 is 11.3 Å². The number of aryl methyl sites for hydroxylation is 1. The third kappa shape index (κ3) is 3.80. The van der Waals surface area contributed by atoms with Crippen LogP contribution < -0.4 is 5.32 Å². The van der Waals surface area contributed by atoms with Crippen molar-refractivity contribution in [3.05, 3.63) is 36.0 Å². The molecule has 0 unspecified atom stereocenters. The summed E-state index contributed by atoms with van der Waals surface area (Å²) in [5.41, 5.74) is 1.67. The number of benzene rings is 1. The van der Waals surface area contributed by atoms with E-state index in [0.717, 1.165) is 15.9 Å². The zero-order valence-electron chi connectivity index (χ0n) is 15.6. The van der Waals surface area contributed by atoms with Crippen molar-refractivity contribution in [3.63, 3.8) is 0 Å². The van der Waals surface area contributed by atoms with Crippen LogP contribution in [0.1, 0.15) is 18.5 Å². The van der Waals surface area contributed by atoms with Gasteiger partial charge in [-0.25, -0.2) is 17.7 Å². The van der Waals surface area contributed by atoms with Crippen LogP contribution in [0, 0.1) is 12.8 Å². The maximum absolute atomic E-state index is 12.8. The average molecular weight is 420 g/mol. The summed E-state index contributed by atoms with van der Waals surface area (Å²) in [7, 11) is -3.21. The highest BCUT2D eigenvalue weighted by molar-refractivity contribution is 7.88. The number of sulfonamides is 1. The average Bonchev–Trinajstić information content (AvgIpc) is 3.24. The molecule has 1 aromatic carbocycles. The number of nitrogens with zero attached hydrogens (tertiary/aromatic N) is 4. The first-order valence-corrected chi connectivity index (χ1v) is 11.7. The molecule has 1 N–H and O–H groups in total. The molecule has 28 heavy (non-hydrogen) atoms. The lowest BCUT2D eigenvalue weighted by Gasteiger charge is -2.29. The number of nitrogens with one attached hydrogen (secondary N) is 1. The fourth-order valence-corrected chi connectivity index (χ4v) is 5.17. The number of para-hydroxylation sites is 1. The van der Waals surface area contributed by atoms with Gasteiger partial charge >= 0.3 is 0 Å².